The maximum atomic E-state index is 12.8. The summed E-state index contributed by atoms with van der Waals surface area (Å²) in [5.74, 6) is -0.407. The Morgan fingerprint density at radius 3 is 2.17 bits per heavy atom. The maximum Gasteiger partial charge on any atom is 0.243 e. The molecule has 8 heteroatoms. The summed E-state index contributed by atoms with van der Waals surface area (Å²) in [5, 5.41) is 3.44. The van der Waals surface area contributed by atoms with Crippen LogP contribution in [0.1, 0.15) is 37.5 Å². The summed E-state index contributed by atoms with van der Waals surface area (Å²) in [7, 11) is -3.75. The third-order valence-corrected chi connectivity index (χ3v) is 6.38. The lowest BCUT2D eigenvalue weighted by molar-refractivity contribution is -0.122. The van der Waals surface area contributed by atoms with Crippen LogP contribution in [0, 0.1) is 0 Å². The lowest BCUT2D eigenvalue weighted by atomic mass is 10.0. The third kappa shape index (κ3) is 6.11. The molecule has 1 amide bonds. The van der Waals surface area contributed by atoms with Gasteiger partial charge >= 0.3 is 0 Å². The first-order valence-electron chi connectivity index (χ1n) is 9.40. The van der Waals surface area contributed by atoms with Crippen molar-refractivity contribution in [3.63, 3.8) is 0 Å². The van der Waals surface area contributed by atoms with E-state index in [-0.39, 0.29) is 15.7 Å². The second kappa shape index (κ2) is 9.83. The Balaban J connectivity index is 2.26. The molecule has 0 radical (unpaired) electrons. The zero-order valence-electron chi connectivity index (χ0n) is 17.0. The highest BCUT2D eigenvalue weighted by Crippen LogP contribution is 2.28. The Bertz CT molecular complexity index is 973. The Morgan fingerprint density at radius 2 is 1.66 bits per heavy atom. The van der Waals surface area contributed by atoms with Gasteiger partial charge in [0.15, 0.2) is 0 Å². The number of benzene rings is 2. The minimum Gasteiger partial charge on any atom is -0.350 e. The van der Waals surface area contributed by atoms with E-state index in [1.165, 1.54) is 30.7 Å². The Kier molecular flexibility index (Phi) is 7.97. The molecule has 0 heterocycles. The van der Waals surface area contributed by atoms with E-state index in [0.717, 1.165) is 34.5 Å². The molecule has 2 rings (SSSR count). The van der Waals surface area contributed by atoms with Crippen LogP contribution >= 0.6 is 23.2 Å². The first-order valence-corrected chi connectivity index (χ1v) is 12.0. The van der Waals surface area contributed by atoms with Crippen molar-refractivity contribution in [2.75, 3.05) is 10.6 Å². The molecule has 0 bridgehead atoms. The fourth-order valence-electron chi connectivity index (χ4n) is 3.21. The topological polar surface area (TPSA) is 66.5 Å². The van der Waals surface area contributed by atoms with Gasteiger partial charge in [-0.05, 0) is 54.7 Å². The Labute approximate surface area is 183 Å². The molecular formula is C21H26Cl2N2O3S. The van der Waals surface area contributed by atoms with Crippen molar-refractivity contribution in [2.45, 2.75) is 46.2 Å². The van der Waals surface area contributed by atoms with Gasteiger partial charge < -0.3 is 5.32 Å². The summed E-state index contributed by atoms with van der Waals surface area (Å²) in [6, 6.07) is 9.70. The molecule has 1 atom stereocenters. The summed E-state index contributed by atoms with van der Waals surface area (Å²) in [4.78, 5) is 12.8. The molecule has 1 N–H and O–H groups in total. The van der Waals surface area contributed by atoms with Crippen molar-refractivity contribution in [1.82, 2.24) is 5.32 Å². The average molecular weight is 457 g/mol. The number of nitrogens with one attached hydrogen (secondary N) is 1. The van der Waals surface area contributed by atoms with Gasteiger partial charge in [-0.15, -0.1) is 0 Å². The van der Waals surface area contributed by atoms with Crippen molar-refractivity contribution in [3.8, 4) is 0 Å². The number of nitrogens with zero attached hydrogens (tertiary/aromatic N) is 1. The molecule has 2 aromatic carbocycles. The summed E-state index contributed by atoms with van der Waals surface area (Å²) in [6.07, 6.45) is 2.80. The van der Waals surface area contributed by atoms with Gasteiger partial charge in [-0.25, -0.2) is 8.42 Å². The molecule has 0 aliphatic rings. The van der Waals surface area contributed by atoms with Crippen LogP contribution in [-0.4, -0.2) is 26.6 Å². The summed E-state index contributed by atoms with van der Waals surface area (Å²) in [6.45, 7) is 6.00. The number of carbonyl (C=O) groups excluding carboxylic acids is 1. The smallest absolute Gasteiger partial charge is 0.243 e. The molecule has 158 valence electrons. The first-order chi connectivity index (χ1) is 13.6. The minimum absolute atomic E-state index is 0.245. The molecule has 0 saturated heterocycles. The Morgan fingerprint density at radius 1 is 1.03 bits per heavy atom. The zero-order valence-corrected chi connectivity index (χ0v) is 19.3. The number of carbonyl (C=O) groups is 1. The van der Waals surface area contributed by atoms with Crippen LogP contribution < -0.4 is 9.62 Å². The van der Waals surface area contributed by atoms with E-state index in [2.05, 4.69) is 37.4 Å². The van der Waals surface area contributed by atoms with E-state index < -0.39 is 22.0 Å². The second-order valence-electron chi connectivity index (χ2n) is 6.89. The highest BCUT2D eigenvalue weighted by Gasteiger charge is 2.29. The molecule has 0 spiro atoms. The third-order valence-electron chi connectivity index (χ3n) is 4.70. The lowest BCUT2D eigenvalue weighted by Gasteiger charge is -2.28. The molecule has 0 aliphatic carbocycles. The highest BCUT2D eigenvalue weighted by atomic mass is 35.5. The first kappa shape index (κ1) is 23.5. The largest absolute Gasteiger partial charge is 0.350 e. The van der Waals surface area contributed by atoms with Crippen molar-refractivity contribution in [2.24, 2.45) is 0 Å². The SMILES string of the molecule is CCc1ccc(CC)c(CNC(=O)C(C)N(c2cc(Cl)cc(Cl)c2)S(C)(=O)=O)c1. The van der Waals surface area contributed by atoms with E-state index in [4.69, 9.17) is 23.2 Å². The molecule has 0 fully saturated rings. The number of amides is 1. The highest BCUT2D eigenvalue weighted by molar-refractivity contribution is 7.92. The molecule has 2 aromatic rings. The van der Waals surface area contributed by atoms with Crippen LogP contribution in [0.4, 0.5) is 5.69 Å². The number of anilines is 1. The fraction of sp³-hybridized carbons (Fsp3) is 0.381. The standard InChI is InChI=1S/C21H26Cl2N2O3S/c1-5-15-7-8-16(6-2)17(9-15)13-24-21(26)14(3)25(29(4,27)28)20-11-18(22)10-19(23)12-20/h7-12,14H,5-6,13H2,1-4H3,(H,24,26). The van der Waals surface area contributed by atoms with Gasteiger partial charge in [0.2, 0.25) is 15.9 Å². The van der Waals surface area contributed by atoms with E-state index in [1.807, 2.05) is 0 Å². The fourth-order valence-corrected chi connectivity index (χ4v) is 4.89. The summed E-state index contributed by atoms with van der Waals surface area (Å²) < 4.78 is 25.9. The van der Waals surface area contributed by atoms with Gasteiger partial charge in [0, 0.05) is 16.6 Å². The van der Waals surface area contributed by atoms with Gasteiger partial charge in [0.05, 0.1) is 11.9 Å². The number of halogens is 2. The average Bonchev–Trinajstić information content (AvgIpc) is 2.63. The van der Waals surface area contributed by atoms with Crippen LogP contribution in [0.25, 0.3) is 0 Å². The molecule has 0 aliphatic heterocycles. The van der Waals surface area contributed by atoms with Gasteiger partial charge in [0.25, 0.3) is 0 Å². The molecule has 29 heavy (non-hydrogen) atoms. The molecule has 5 nitrogen and oxygen atoms in total. The molecule has 1 unspecified atom stereocenters. The van der Waals surface area contributed by atoms with E-state index in [9.17, 15) is 13.2 Å². The van der Waals surface area contributed by atoms with Crippen molar-refractivity contribution in [1.29, 1.82) is 0 Å². The predicted octanol–water partition coefficient (Wildman–Crippen LogP) is 4.59. The minimum atomic E-state index is -3.75. The van der Waals surface area contributed by atoms with E-state index in [0.29, 0.717) is 6.54 Å². The summed E-state index contributed by atoms with van der Waals surface area (Å²) in [5.41, 5.74) is 3.61. The molecular weight excluding hydrogens is 431 g/mol. The van der Waals surface area contributed by atoms with Crippen LogP contribution in [0.5, 0.6) is 0 Å². The van der Waals surface area contributed by atoms with Gasteiger partial charge in [0.1, 0.15) is 6.04 Å². The number of sulfonamides is 1. The van der Waals surface area contributed by atoms with Crippen LogP contribution in [0.15, 0.2) is 36.4 Å². The quantitative estimate of drug-likeness (QED) is 0.631. The maximum absolute atomic E-state index is 12.8. The Hall–Kier alpha value is -1.76. The summed E-state index contributed by atoms with van der Waals surface area (Å²) >= 11 is 12.1. The van der Waals surface area contributed by atoms with Crippen LogP contribution in [-0.2, 0) is 34.2 Å². The number of hydrogen-bond acceptors (Lipinski definition) is 3. The second-order valence-corrected chi connectivity index (χ2v) is 9.62. The van der Waals surface area contributed by atoms with Gasteiger partial charge in [-0.3, -0.25) is 9.10 Å². The van der Waals surface area contributed by atoms with Gasteiger partial charge in [-0.2, -0.15) is 0 Å². The number of rotatable bonds is 8. The number of aryl methyl sites for hydroxylation is 2. The van der Waals surface area contributed by atoms with Crippen molar-refractivity contribution < 1.29 is 13.2 Å². The van der Waals surface area contributed by atoms with Gasteiger partial charge in [-0.1, -0.05) is 55.2 Å². The monoisotopic (exact) mass is 456 g/mol. The van der Waals surface area contributed by atoms with Crippen molar-refractivity contribution in [3.05, 3.63) is 63.1 Å². The predicted molar refractivity (Wildman–Crippen MR) is 120 cm³/mol. The normalized spacial score (nSPS) is 12.5. The molecule has 0 aromatic heterocycles. The van der Waals surface area contributed by atoms with E-state index in [1.54, 1.807) is 0 Å². The zero-order chi connectivity index (χ0) is 21.8. The van der Waals surface area contributed by atoms with E-state index >= 15 is 0 Å². The van der Waals surface area contributed by atoms with Crippen molar-refractivity contribution >= 4 is 44.8 Å². The lowest BCUT2D eigenvalue weighted by Crippen LogP contribution is -2.47. The molecule has 0 saturated carbocycles. The van der Waals surface area contributed by atoms with Crippen LogP contribution in [0.3, 0.4) is 0 Å². The number of hydrogen-bond donors (Lipinski definition) is 1. The van der Waals surface area contributed by atoms with Crippen LogP contribution in [0.2, 0.25) is 10.0 Å².